The molecular formula is C23H24ClFN4O4. The van der Waals surface area contributed by atoms with Crippen LogP contribution in [0.1, 0.15) is 12.8 Å². The number of carbonyl (C=O) groups excluding carboxylic acids is 1. The van der Waals surface area contributed by atoms with Gasteiger partial charge >= 0.3 is 0 Å². The molecular weight excluding hydrogens is 451 g/mol. The molecule has 0 radical (unpaired) electrons. The van der Waals surface area contributed by atoms with Gasteiger partial charge in [-0.1, -0.05) is 11.6 Å². The van der Waals surface area contributed by atoms with E-state index >= 15 is 0 Å². The molecule has 1 fully saturated rings. The van der Waals surface area contributed by atoms with Crippen LogP contribution in [0.25, 0.3) is 10.9 Å². The van der Waals surface area contributed by atoms with Crippen molar-refractivity contribution in [3.8, 4) is 11.5 Å². The van der Waals surface area contributed by atoms with E-state index in [1.54, 1.807) is 23.2 Å². The number of nitrogens with one attached hydrogen (secondary N) is 1. The summed E-state index contributed by atoms with van der Waals surface area (Å²) in [6, 6.07) is 8.00. The van der Waals surface area contributed by atoms with Crippen molar-refractivity contribution in [1.29, 1.82) is 0 Å². The standard InChI is InChI=1S/C23H24ClFN4O4/c1-31-12-23(30)29-6-4-17(5-7-29)33-22-8-15-11-26-13-27-20(15)10-21(22)32-14-28-16-2-3-19(25)18(24)9-16/h2-3,8-11,13,17,28H,4-7,12,14H2,1H3. The molecule has 2 aromatic carbocycles. The second-order valence-corrected chi connectivity index (χ2v) is 8.01. The second kappa shape index (κ2) is 10.6. The molecule has 0 spiro atoms. The van der Waals surface area contributed by atoms with Gasteiger partial charge in [-0.3, -0.25) is 4.79 Å². The molecule has 3 aromatic rings. The number of amides is 1. The molecule has 174 valence electrons. The van der Waals surface area contributed by atoms with Gasteiger partial charge < -0.3 is 24.4 Å². The SMILES string of the molecule is COCC(=O)N1CCC(Oc2cc3cncnc3cc2OCNc2ccc(F)c(Cl)c2)CC1. The fourth-order valence-electron chi connectivity index (χ4n) is 3.61. The Kier molecular flexibility index (Phi) is 7.41. The van der Waals surface area contributed by atoms with E-state index in [4.69, 9.17) is 25.8 Å². The lowest BCUT2D eigenvalue weighted by molar-refractivity contribution is -0.136. The number of carbonyl (C=O) groups is 1. The highest BCUT2D eigenvalue weighted by Gasteiger charge is 2.25. The first-order valence-electron chi connectivity index (χ1n) is 10.5. The van der Waals surface area contributed by atoms with Gasteiger partial charge in [-0.05, 0) is 24.3 Å². The summed E-state index contributed by atoms with van der Waals surface area (Å²) in [5.74, 6) is 0.579. The lowest BCUT2D eigenvalue weighted by Gasteiger charge is -2.32. The van der Waals surface area contributed by atoms with Gasteiger partial charge in [-0.2, -0.15) is 0 Å². The van der Waals surface area contributed by atoms with Gasteiger partial charge in [0.2, 0.25) is 5.91 Å². The van der Waals surface area contributed by atoms with Crippen molar-refractivity contribution in [2.75, 3.05) is 38.9 Å². The van der Waals surface area contributed by atoms with E-state index in [2.05, 4.69) is 15.3 Å². The summed E-state index contributed by atoms with van der Waals surface area (Å²) in [6.45, 7) is 1.40. The van der Waals surface area contributed by atoms with Crippen molar-refractivity contribution in [3.05, 3.63) is 53.7 Å². The van der Waals surface area contributed by atoms with Crippen LogP contribution in [0.5, 0.6) is 11.5 Å². The number of likely N-dealkylation sites (tertiary alicyclic amines) is 1. The zero-order valence-corrected chi connectivity index (χ0v) is 18.8. The van der Waals surface area contributed by atoms with E-state index in [0.717, 1.165) is 10.9 Å². The Morgan fingerprint density at radius 2 is 2.06 bits per heavy atom. The number of rotatable bonds is 8. The number of halogens is 2. The number of anilines is 1. The third kappa shape index (κ3) is 5.80. The summed E-state index contributed by atoms with van der Waals surface area (Å²) >= 11 is 5.83. The molecule has 0 unspecified atom stereocenters. The highest BCUT2D eigenvalue weighted by molar-refractivity contribution is 6.31. The number of piperidine rings is 1. The van der Waals surface area contributed by atoms with Crippen LogP contribution in [0.4, 0.5) is 10.1 Å². The number of benzene rings is 2. The molecule has 1 saturated heterocycles. The highest BCUT2D eigenvalue weighted by atomic mass is 35.5. The van der Waals surface area contributed by atoms with Crippen molar-refractivity contribution in [3.63, 3.8) is 0 Å². The molecule has 1 amide bonds. The first-order chi connectivity index (χ1) is 16.0. The van der Waals surface area contributed by atoms with E-state index < -0.39 is 5.82 Å². The van der Waals surface area contributed by atoms with Crippen molar-refractivity contribution in [1.82, 2.24) is 14.9 Å². The van der Waals surface area contributed by atoms with Crippen LogP contribution in [0.3, 0.4) is 0 Å². The molecule has 10 heteroatoms. The van der Waals surface area contributed by atoms with Gasteiger partial charge in [0.05, 0.1) is 10.5 Å². The summed E-state index contributed by atoms with van der Waals surface area (Å²) < 4.78 is 30.5. The molecule has 1 aliphatic rings. The van der Waals surface area contributed by atoms with Gasteiger partial charge in [0.25, 0.3) is 0 Å². The first-order valence-corrected chi connectivity index (χ1v) is 10.9. The van der Waals surface area contributed by atoms with E-state index in [1.807, 2.05) is 6.07 Å². The predicted molar refractivity (Wildman–Crippen MR) is 122 cm³/mol. The number of nitrogens with zero attached hydrogens (tertiary/aromatic N) is 3. The van der Waals surface area contributed by atoms with Crippen LogP contribution in [0, 0.1) is 5.82 Å². The Bertz CT molecular complexity index is 1120. The number of fused-ring (bicyclic) bond motifs is 1. The van der Waals surface area contributed by atoms with Crippen molar-refractivity contribution >= 4 is 34.1 Å². The molecule has 0 saturated carbocycles. The maximum atomic E-state index is 13.4. The van der Waals surface area contributed by atoms with Gasteiger partial charge in [0.1, 0.15) is 24.9 Å². The van der Waals surface area contributed by atoms with E-state index in [-0.39, 0.29) is 30.4 Å². The average Bonchev–Trinajstić information content (AvgIpc) is 2.82. The summed E-state index contributed by atoms with van der Waals surface area (Å²) in [5, 5.41) is 3.91. The van der Waals surface area contributed by atoms with Crippen LogP contribution in [-0.2, 0) is 9.53 Å². The Balaban J connectivity index is 1.44. The third-order valence-corrected chi connectivity index (χ3v) is 5.64. The number of ether oxygens (including phenoxy) is 3. The Labute approximate surface area is 195 Å². The minimum atomic E-state index is -0.483. The van der Waals surface area contributed by atoms with Crippen molar-refractivity contribution < 1.29 is 23.4 Å². The van der Waals surface area contributed by atoms with Gasteiger partial charge in [-0.15, -0.1) is 0 Å². The zero-order chi connectivity index (χ0) is 23.2. The molecule has 0 aliphatic carbocycles. The van der Waals surface area contributed by atoms with Crippen LogP contribution in [-0.4, -0.2) is 60.4 Å². The number of aromatic nitrogens is 2. The fraction of sp³-hybridized carbons (Fsp3) is 0.348. The molecule has 0 atom stereocenters. The Morgan fingerprint density at radius 3 is 2.82 bits per heavy atom. The maximum absolute atomic E-state index is 13.4. The molecule has 4 rings (SSSR count). The smallest absolute Gasteiger partial charge is 0.248 e. The molecule has 33 heavy (non-hydrogen) atoms. The second-order valence-electron chi connectivity index (χ2n) is 7.61. The summed E-state index contributed by atoms with van der Waals surface area (Å²) in [7, 11) is 1.51. The number of methoxy groups -OCH3 is 1. The summed E-state index contributed by atoms with van der Waals surface area (Å²) in [6.07, 6.45) is 4.52. The van der Waals surface area contributed by atoms with Crippen LogP contribution in [0.2, 0.25) is 5.02 Å². The summed E-state index contributed by atoms with van der Waals surface area (Å²) in [5.41, 5.74) is 1.34. The number of hydrogen-bond donors (Lipinski definition) is 1. The highest BCUT2D eigenvalue weighted by Crippen LogP contribution is 2.34. The third-order valence-electron chi connectivity index (χ3n) is 5.35. The van der Waals surface area contributed by atoms with Crippen LogP contribution < -0.4 is 14.8 Å². The van der Waals surface area contributed by atoms with Gasteiger partial charge in [-0.25, -0.2) is 14.4 Å². The van der Waals surface area contributed by atoms with Crippen LogP contribution >= 0.6 is 11.6 Å². The minimum Gasteiger partial charge on any atom is -0.486 e. The monoisotopic (exact) mass is 474 g/mol. The molecule has 1 N–H and O–H groups in total. The first kappa shape index (κ1) is 23.0. The van der Waals surface area contributed by atoms with E-state index in [9.17, 15) is 9.18 Å². The maximum Gasteiger partial charge on any atom is 0.248 e. The van der Waals surface area contributed by atoms with E-state index in [1.165, 1.54) is 25.6 Å². The topological polar surface area (TPSA) is 85.8 Å². The zero-order valence-electron chi connectivity index (χ0n) is 18.1. The van der Waals surface area contributed by atoms with Crippen molar-refractivity contribution in [2.24, 2.45) is 0 Å². The quantitative estimate of drug-likeness (QED) is 0.496. The van der Waals surface area contributed by atoms with Crippen LogP contribution in [0.15, 0.2) is 42.9 Å². The molecule has 1 aromatic heterocycles. The average molecular weight is 475 g/mol. The largest absolute Gasteiger partial charge is 0.486 e. The fourth-order valence-corrected chi connectivity index (χ4v) is 3.80. The number of hydrogen-bond acceptors (Lipinski definition) is 7. The minimum absolute atomic E-state index is 0.0187. The molecule has 0 bridgehead atoms. The van der Waals surface area contributed by atoms with Gasteiger partial charge in [0.15, 0.2) is 18.2 Å². The molecule has 1 aliphatic heterocycles. The lowest BCUT2D eigenvalue weighted by atomic mass is 10.1. The Morgan fingerprint density at radius 1 is 1.24 bits per heavy atom. The van der Waals surface area contributed by atoms with Gasteiger partial charge in [0, 0.05) is 56.4 Å². The summed E-state index contributed by atoms with van der Waals surface area (Å²) in [4.78, 5) is 22.2. The van der Waals surface area contributed by atoms with E-state index in [0.29, 0.717) is 43.1 Å². The lowest BCUT2D eigenvalue weighted by Crippen LogP contribution is -2.43. The normalized spacial score (nSPS) is 14.3. The van der Waals surface area contributed by atoms with Crippen molar-refractivity contribution in [2.45, 2.75) is 18.9 Å². The Hall–Kier alpha value is -3.17. The molecule has 2 heterocycles. The molecule has 8 nitrogen and oxygen atoms in total. The predicted octanol–water partition coefficient (Wildman–Crippen LogP) is 3.89.